The molecule has 0 radical (unpaired) electrons. The van der Waals surface area contributed by atoms with Crippen molar-refractivity contribution in [1.29, 1.82) is 0 Å². The molecule has 0 unspecified atom stereocenters. The minimum atomic E-state index is -3.81. The van der Waals surface area contributed by atoms with E-state index in [4.69, 9.17) is 5.11 Å². The summed E-state index contributed by atoms with van der Waals surface area (Å²) in [6.07, 6.45) is 1.16. The van der Waals surface area contributed by atoms with E-state index in [1.807, 2.05) is 22.6 Å². The zero-order chi connectivity index (χ0) is 16.8. The molecule has 0 spiro atoms. The Morgan fingerprint density at radius 3 is 2.52 bits per heavy atom. The van der Waals surface area contributed by atoms with E-state index in [0.29, 0.717) is 14.7 Å². The number of benzene rings is 1. The Bertz CT molecular complexity index is 1030. The lowest BCUT2D eigenvalue weighted by molar-refractivity contribution is 0.0696. The summed E-state index contributed by atoms with van der Waals surface area (Å²) in [5.74, 6) is -1.11. The summed E-state index contributed by atoms with van der Waals surface area (Å²) in [6.45, 7) is 1.67. The average molecular weight is 442 g/mol. The number of nitrogens with zero attached hydrogens (tertiary/aromatic N) is 2. The normalized spacial score (nSPS) is 11.7. The largest absolute Gasteiger partial charge is 0.478 e. The smallest absolute Gasteiger partial charge is 0.337 e. The Morgan fingerprint density at radius 1 is 1.26 bits per heavy atom. The van der Waals surface area contributed by atoms with Crippen molar-refractivity contribution in [3.63, 3.8) is 0 Å². The van der Waals surface area contributed by atoms with Crippen molar-refractivity contribution in [2.45, 2.75) is 11.8 Å². The van der Waals surface area contributed by atoms with E-state index in [9.17, 15) is 13.2 Å². The van der Waals surface area contributed by atoms with Gasteiger partial charge in [0.05, 0.1) is 10.5 Å². The fraction of sp³-hybridized carbons (Fsp3) is 0.0667. The van der Waals surface area contributed by atoms with Gasteiger partial charge in [0, 0.05) is 20.8 Å². The van der Waals surface area contributed by atoms with Gasteiger partial charge in [-0.3, -0.25) is 0 Å². The second-order valence-electron chi connectivity index (χ2n) is 4.88. The van der Waals surface area contributed by atoms with E-state index < -0.39 is 16.0 Å². The first kappa shape index (κ1) is 15.9. The van der Waals surface area contributed by atoms with E-state index in [2.05, 4.69) is 4.98 Å². The topological polar surface area (TPSA) is 89.3 Å². The first-order valence-corrected chi connectivity index (χ1v) is 9.06. The van der Waals surface area contributed by atoms with Crippen molar-refractivity contribution in [3.8, 4) is 0 Å². The van der Waals surface area contributed by atoms with Crippen molar-refractivity contribution in [3.05, 3.63) is 57.4 Å². The highest BCUT2D eigenvalue weighted by atomic mass is 127. The molecule has 23 heavy (non-hydrogen) atoms. The van der Waals surface area contributed by atoms with Crippen LogP contribution >= 0.6 is 22.6 Å². The molecular weight excluding hydrogens is 431 g/mol. The molecule has 0 saturated carbocycles. The zero-order valence-corrected chi connectivity index (χ0v) is 14.9. The van der Waals surface area contributed by atoms with Crippen molar-refractivity contribution < 1.29 is 18.3 Å². The lowest BCUT2D eigenvalue weighted by atomic mass is 10.2. The molecule has 0 fully saturated rings. The number of rotatable bonds is 3. The van der Waals surface area contributed by atoms with Gasteiger partial charge in [0.15, 0.2) is 5.65 Å². The zero-order valence-electron chi connectivity index (χ0n) is 11.9. The number of carbonyl (C=O) groups is 1. The summed E-state index contributed by atoms with van der Waals surface area (Å²) < 4.78 is 27.6. The Morgan fingerprint density at radius 2 is 1.91 bits per heavy atom. The van der Waals surface area contributed by atoms with Crippen LogP contribution in [0, 0.1) is 10.5 Å². The van der Waals surface area contributed by atoms with Crippen molar-refractivity contribution >= 4 is 49.6 Å². The molecule has 2 heterocycles. The van der Waals surface area contributed by atoms with Gasteiger partial charge < -0.3 is 5.11 Å². The number of pyridine rings is 1. The fourth-order valence-electron chi connectivity index (χ4n) is 2.33. The van der Waals surface area contributed by atoms with Crippen LogP contribution in [-0.2, 0) is 10.0 Å². The molecule has 0 aliphatic carbocycles. The van der Waals surface area contributed by atoms with Gasteiger partial charge in [-0.2, -0.15) is 0 Å². The fourth-order valence-corrected chi connectivity index (χ4v) is 4.67. The Balaban J connectivity index is 2.35. The van der Waals surface area contributed by atoms with Crippen LogP contribution in [0.4, 0.5) is 0 Å². The van der Waals surface area contributed by atoms with E-state index in [-0.39, 0.29) is 16.1 Å². The molecule has 1 N–H and O–H groups in total. The maximum atomic E-state index is 12.9. The molecular formula is C15H11IN2O4S. The van der Waals surface area contributed by atoms with Crippen LogP contribution in [0.2, 0.25) is 0 Å². The second-order valence-corrected chi connectivity index (χ2v) is 7.75. The van der Waals surface area contributed by atoms with Crippen LogP contribution < -0.4 is 0 Å². The summed E-state index contributed by atoms with van der Waals surface area (Å²) in [5, 5.41) is 9.58. The second kappa shape index (κ2) is 5.60. The minimum absolute atomic E-state index is 0.0182. The molecule has 3 aromatic rings. The molecule has 0 bridgehead atoms. The third-order valence-corrected chi connectivity index (χ3v) is 6.60. The highest BCUT2D eigenvalue weighted by Crippen LogP contribution is 2.30. The Hall–Kier alpha value is -1.94. The summed E-state index contributed by atoms with van der Waals surface area (Å²) in [7, 11) is -3.81. The molecule has 0 atom stereocenters. The predicted octanol–water partition coefficient (Wildman–Crippen LogP) is 2.88. The third-order valence-electron chi connectivity index (χ3n) is 3.45. The van der Waals surface area contributed by atoms with E-state index in [1.165, 1.54) is 18.2 Å². The molecule has 6 nitrogen and oxygen atoms in total. The quantitative estimate of drug-likeness (QED) is 0.631. The molecule has 2 aromatic heterocycles. The van der Waals surface area contributed by atoms with Gasteiger partial charge in [-0.05, 0) is 47.7 Å². The maximum Gasteiger partial charge on any atom is 0.337 e. The molecule has 0 amide bonds. The van der Waals surface area contributed by atoms with Gasteiger partial charge in [0.1, 0.15) is 0 Å². The summed E-state index contributed by atoms with van der Waals surface area (Å²) in [5.41, 5.74) is 0.741. The number of aromatic carboxylic acids is 1. The number of hydrogen-bond donors (Lipinski definition) is 1. The molecule has 1 aromatic carbocycles. The van der Waals surface area contributed by atoms with Gasteiger partial charge in [0.2, 0.25) is 0 Å². The number of fused-ring (bicyclic) bond motifs is 1. The molecule has 3 rings (SSSR count). The van der Waals surface area contributed by atoms with Gasteiger partial charge in [0.25, 0.3) is 10.0 Å². The SMILES string of the molecule is Cc1c(I)c2cc(C(=O)O)cnc2n1S(=O)(=O)c1ccccc1. The van der Waals surface area contributed by atoms with Gasteiger partial charge in [-0.1, -0.05) is 18.2 Å². The van der Waals surface area contributed by atoms with Crippen LogP contribution in [0.5, 0.6) is 0 Å². The van der Waals surface area contributed by atoms with Crippen molar-refractivity contribution in [1.82, 2.24) is 8.96 Å². The average Bonchev–Trinajstić information content (AvgIpc) is 2.79. The number of hydrogen-bond acceptors (Lipinski definition) is 4. The Kier molecular flexibility index (Phi) is 3.88. The van der Waals surface area contributed by atoms with E-state index in [0.717, 1.165) is 10.2 Å². The van der Waals surface area contributed by atoms with Crippen molar-refractivity contribution in [2.75, 3.05) is 0 Å². The highest BCUT2D eigenvalue weighted by molar-refractivity contribution is 14.1. The maximum absolute atomic E-state index is 12.9. The highest BCUT2D eigenvalue weighted by Gasteiger charge is 2.25. The molecule has 0 saturated heterocycles. The van der Waals surface area contributed by atoms with Crippen LogP contribution in [0.15, 0.2) is 47.5 Å². The molecule has 0 aliphatic rings. The lowest BCUT2D eigenvalue weighted by Gasteiger charge is -2.09. The van der Waals surface area contributed by atoms with Gasteiger partial charge in [-0.15, -0.1) is 0 Å². The monoisotopic (exact) mass is 442 g/mol. The predicted molar refractivity (Wildman–Crippen MR) is 93.2 cm³/mol. The van der Waals surface area contributed by atoms with E-state index in [1.54, 1.807) is 25.1 Å². The van der Waals surface area contributed by atoms with Gasteiger partial charge >= 0.3 is 5.97 Å². The van der Waals surface area contributed by atoms with Gasteiger partial charge in [-0.25, -0.2) is 22.2 Å². The van der Waals surface area contributed by atoms with Crippen LogP contribution in [0.1, 0.15) is 16.1 Å². The lowest BCUT2D eigenvalue weighted by Crippen LogP contribution is -2.15. The van der Waals surface area contributed by atoms with Crippen LogP contribution in [0.25, 0.3) is 11.0 Å². The van der Waals surface area contributed by atoms with E-state index >= 15 is 0 Å². The van der Waals surface area contributed by atoms with Crippen LogP contribution in [-0.4, -0.2) is 28.5 Å². The summed E-state index contributed by atoms with van der Waals surface area (Å²) in [6, 6.07) is 9.50. The number of carboxylic acids is 1. The minimum Gasteiger partial charge on any atom is -0.478 e. The molecule has 118 valence electrons. The first-order chi connectivity index (χ1) is 10.8. The molecule has 8 heteroatoms. The summed E-state index contributed by atoms with van der Waals surface area (Å²) >= 11 is 2.00. The number of halogens is 1. The first-order valence-electron chi connectivity index (χ1n) is 6.54. The summed E-state index contributed by atoms with van der Waals surface area (Å²) in [4.78, 5) is 15.3. The Labute approximate surface area is 146 Å². The number of carboxylic acid groups (broad SMARTS) is 1. The van der Waals surface area contributed by atoms with Crippen LogP contribution in [0.3, 0.4) is 0 Å². The molecule has 0 aliphatic heterocycles. The van der Waals surface area contributed by atoms with Crippen molar-refractivity contribution in [2.24, 2.45) is 0 Å². The number of aromatic nitrogens is 2. The third kappa shape index (κ3) is 2.51. The standard InChI is InChI=1S/C15H11IN2O4S/c1-9-13(16)12-7-10(15(19)20)8-17-14(12)18(9)23(21,22)11-5-3-2-4-6-11/h2-8H,1H3,(H,19,20).